The molecule has 3 N–H and O–H groups in total. The van der Waals surface area contributed by atoms with E-state index in [1.165, 1.54) is 66.6 Å². The average Bonchev–Trinajstić information content (AvgIpc) is 3.84. The highest BCUT2D eigenvalue weighted by Crippen LogP contribution is 2.40. The molecule has 0 saturated carbocycles. The van der Waals surface area contributed by atoms with E-state index in [1.54, 1.807) is 7.11 Å². The maximum absolute atomic E-state index is 13.4. The largest absolute Gasteiger partial charge is 0.497 e. The lowest BCUT2D eigenvalue weighted by Crippen LogP contribution is -2.41. The molecule has 4 aromatic rings. The van der Waals surface area contributed by atoms with Gasteiger partial charge in [0.15, 0.2) is 0 Å². The van der Waals surface area contributed by atoms with E-state index in [1.807, 2.05) is 50.9 Å². The van der Waals surface area contributed by atoms with E-state index in [-0.39, 0.29) is 18.4 Å². The van der Waals surface area contributed by atoms with Gasteiger partial charge in [0, 0.05) is 70.9 Å². The van der Waals surface area contributed by atoms with Crippen molar-refractivity contribution in [3.05, 3.63) is 65.5 Å². The number of benzene rings is 2. The Balaban J connectivity index is 0.916. The van der Waals surface area contributed by atoms with Gasteiger partial charge < -0.3 is 25.3 Å². The van der Waals surface area contributed by atoms with Crippen molar-refractivity contribution in [2.45, 2.75) is 108 Å². The molecule has 2 aromatic heterocycles. The summed E-state index contributed by atoms with van der Waals surface area (Å²) in [6.45, 7) is 2.28. The van der Waals surface area contributed by atoms with E-state index in [4.69, 9.17) is 9.72 Å². The van der Waals surface area contributed by atoms with Crippen LogP contribution in [0.4, 0.5) is 5.69 Å². The Morgan fingerprint density at radius 2 is 1.81 bits per heavy atom. The van der Waals surface area contributed by atoms with Crippen LogP contribution in [0, 0.1) is 0 Å². The Hall–Kier alpha value is -3.37. The highest BCUT2D eigenvalue weighted by atomic mass is 33.1. The fraction of sp³-hybridized carbons (Fsp3) is 0.548. The Bertz CT molecular complexity index is 1750. The van der Waals surface area contributed by atoms with E-state index in [2.05, 4.69) is 39.9 Å². The molecule has 10 heteroatoms. The number of ether oxygens (including phenoxy) is 1. The van der Waals surface area contributed by atoms with Crippen molar-refractivity contribution in [1.82, 2.24) is 20.2 Å². The topological polar surface area (TPSA) is 99.3 Å². The second kappa shape index (κ2) is 20.2. The van der Waals surface area contributed by atoms with Crippen LogP contribution in [-0.2, 0) is 28.9 Å². The fourth-order valence-electron chi connectivity index (χ4n) is 7.64. The third kappa shape index (κ3) is 10.8. The van der Waals surface area contributed by atoms with E-state index in [9.17, 15) is 9.59 Å². The molecular weight excluding hydrogens is 687 g/mol. The monoisotopic (exact) mass is 743 g/mol. The van der Waals surface area contributed by atoms with Crippen molar-refractivity contribution in [3.8, 4) is 5.75 Å². The summed E-state index contributed by atoms with van der Waals surface area (Å²) in [6, 6.07) is 14.5. The molecular formula is C42H57N5O3S2. The molecule has 0 bridgehead atoms. The zero-order chi connectivity index (χ0) is 36.0. The van der Waals surface area contributed by atoms with Gasteiger partial charge in [-0.15, -0.1) is 0 Å². The lowest BCUT2D eigenvalue weighted by atomic mass is 9.92. The van der Waals surface area contributed by atoms with Crippen molar-refractivity contribution >= 4 is 60.9 Å². The van der Waals surface area contributed by atoms with Gasteiger partial charge in [0.25, 0.3) is 0 Å². The molecule has 1 fully saturated rings. The first kappa shape index (κ1) is 38.4. The van der Waals surface area contributed by atoms with Gasteiger partial charge in [-0.25, -0.2) is 0 Å². The number of unbranched alkanes of at least 4 members (excludes halogenated alkanes) is 6. The number of hydrogen-bond acceptors (Lipinski definition) is 7. The Morgan fingerprint density at radius 3 is 2.67 bits per heavy atom. The first-order chi connectivity index (χ1) is 25.6. The maximum Gasteiger partial charge on any atom is 0.239 e. The Kier molecular flexibility index (Phi) is 14.9. The van der Waals surface area contributed by atoms with Crippen LogP contribution in [0.2, 0.25) is 0 Å². The van der Waals surface area contributed by atoms with E-state index in [0.29, 0.717) is 25.9 Å². The standard InChI is InChI=1S/C42H57N5O3S2/c1-50-32-20-21-37-36(28-32)31(29-45-37)22-25-43-40(48)30-47(41(49)19-11-6-14-33-23-27-51-52-33)26-13-5-3-2-4-12-24-44-42-34-15-7-9-17-38(34)46-39-18-10-8-16-35(39)42/h7,9,15,17,20-21,28-29,33,45H,2-6,8,10-14,16,18-19,22-27,30H2,1H3,(H,43,48)(H,44,46)/t33-/m1/s1. The first-order valence-corrected chi connectivity index (χ1v) is 22.1. The summed E-state index contributed by atoms with van der Waals surface area (Å²) in [5.74, 6) is 2.09. The lowest BCUT2D eigenvalue weighted by molar-refractivity contribution is -0.136. The Labute approximate surface area is 317 Å². The molecule has 2 amide bonds. The minimum absolute atomic E-state index is 0.0825. The van der Waals surface area contributed by atoms with Crippen molar-refractivity contribution in [1.29, 1.82) is 0 Å². The number of H-pyrrole nitrogens is 1. The fourth-order valence-corrected chi connectivity index (χ4v) is 10.7. The predicted molar refractivity (Wildman–Crippen MR) is 220 cm³/mol. The number of carbonyl (C=O) groups is 2. The number of nitrogens with zero attached hydrogens (tertiary/aromatic N) is 2. The summed E-state index contributed by atoms with van der Waals surface area (Å²) in [5, 5.41) is 9.97. The van der Waals surface area contributed by atoms with E-state index < -0.39 is 0 Å². The maximum atomic E-state index is 13.4. The molecule has 280 valence electrons. The van der Waals surface area contributed by atoms with Crippen LogP contribution >= 0.6 is 21.6 Å². The van der Waals surface area contributed by atoms with Gasteiger partial charge in [0.2, 0.25) is 11.8 Å². The van der Waals surface area contributed by atoms with Gasteiger partial charge in [-0.3, -0.25) is 14.6 Å². The number of amides is 2. The van der Waals surface area contributed by atoms with Crippen molar-refractivity contribution < 1.29 is 14.3 Å². The molecule has 1 atom stereocenters. The molecule has 0 spiro atoms. The van der Waals surface area contributed by atoms with Crippen LogP contribution < -0.4 is 15.4 Å². The van der Waals surface area contributed by atoms with Crippen molar-refractivity contribution in [2.24, 2.45) is 0 Å². The van der Waals surface area contributed by atoms with Crippen LogP contribution in [0.1, 0.15) is 100 Å². The number of rotatable bonds is 21. The summed E-state index contributed by atoms with van der Waals surface area (Å²) in [4.78, 5) is 36.6. The summed E-state index contributed by atoms with van der Waals surface area (Å²) in [6.07, 6.45) is 19.0. The van der Waals surface area contributed by atoms with Gasteiger partial charge in [-0.1, -0.05) is 71.9 Å². The van der Waals surface area contributed by atoms with Gasteiger partial charge >= 0.3 is 0 Å². The molecule has 1 aliphatic heterocycles. The molecule has 1 aliphatic carbocycles. The zero-order valence-electron chi connectivity index (χ0n) is 31.0. The average molecular weight is 744 g/mol. The second-order valence-electron chi connectivity index (χ2n) is 14.4. The predicted octanol–water partition coefficient (Wildman–Crippen LogP) is 9.26. The number of nitrogens with one attached hydrogen (secondary N) is 3. The SMILES string of the molecule is COc1ccc2[nH]cc(CCNC(=O)CN(CCCCCCCCNc3c4c(nc5ccccc35)CCCC4)C(=O)CCCC[C@@H]3CCSS3)c2c1. The number of fused-ring (bicyclic) bond motifs is 3. The van der Waals surface area contributed by atoms with Crippen LogP contribution in [0.15, 0.2) is 48.7 Å². The molecule has 52 heavy (non-hydrogen) atoms. The molecule has 0 unspecified atom stereocenters. The summed E-state index contributed by atoms with van der Waals surface area (Å²) in [5.41, 5.74) is 7.32. The molecule has 8 nitrogen and oxygen atoms in total. The number of methoxy groups -OCH3 is 1. The summed E-state index contributed by atoms with van der Waals surface area (Å²) in [7, 11) is 5.65. The Morgan fingerprint density at radius 1 is 0.962 bits per heavy atom. The van der Waals surface area contributed by atoms with Gasteiger partial charge in [0.1, 0.15) is 5.75 Å². The zero-order valence-corrected chi connectivity index (χ0v) is 32.6. The molecule has 2 aliphatic rings. The number of hydrogen-bond donors (Lipinski definition) is 3. The van der Waals surface area contributed by atoms with Gasteiger partial charge in [-0.05, 0) is 99.6 Å². The molecule has 3 heterocycles. The molecule has 0 radical (unpaired) electrons. The number of pyridine rings is 1. The quantitative estimate of drug-likeness (QED) is 0.0578. The first-order valence-electron chi connectivity index (χ1n) is 19.7. The lowest BCUT2D eigenvalue weighted by Gasteiger charge is -2.22. The number of aromatic nitrogens is 2. The summed E-state index contributed by atoms with van der Waals surface area (Å²) < 4.78 is 5.40. The van der Waals surface area contributed by atoms with Crippen LogP contribution in [-0.4, -0.2) is 71.0 Å². The number of anilines is 1. The molecule has 6 rings (SSSR count). The highest BCUT2D eigenvalue weighted by molar-refractivity contribution is 8.77. The van der Waals surface area contributed by atoms with Crippen molar-refractivity contribution in [2.75, 3.05) is 44.4 Å². The number of para-hydroxylation sites is 1. The number of aromatic amines is 1. The normalized spacial score (nSPS) is 15.5. The van der Waals surface area contributed by atoms with E-state index in [0.717, 1.165) is 90.9 Å². The van der Waals surface area contributed by atoms with Gasteiger partial charge in [-0.2, -0.15) is 0 Å². The number of carbonyl (C=O) groups excluding carboxylic acids is 2. The summed E-state index contributed by atoms with van der Waals surface area (Å²) >= 11 is 0. The van der Waals surface area contributed by atoms with Crippen molar-refractivity contribution in [3.63, 3.8) is 0 Å². The third-order valence-corrected chi connectivity index (χ3v) is 13.6. The van der Waals surface area contributed by atoms with Crippen LogP contribution in [0.5, 0.6) is 5.75 Å². The third-order valence-electron chi connectivity index (χ3n) is 10.6. The number of aryl methyl sites for hydroxylation is 1. The van der Waals surface area contributed by atoms with Crippen LogP contribution in [0.25, 0.3) is 21.8 Å². The molecule has 1 saturated heterocycles. The highest BCUT2D eigenvalue weighted by Gasteiger charge is 2.20. The van der Waals surface area contributed by atoms with Gasteiger partial charge in [0.05, 0.1) is 19.2 Å². The molecule has 2 aromatic carbocycles. The second-order valence-corrected chi connectivity index (χ2v) is 17.2. The van der Waals surface area contributed by atoms with E-state index >= 15 is 0 Å². The minimum Gasteiger partial charge on any atom is -0.497 e. The minimum atomic E-state index is -0.0825. The smallest absolute Gasteiger partial charge is 0.239 e. The van der Waals surface area contributed by atoms with Crippen LogP contribution in [0.3, 0.4) is 0 Å².